The molecule has 0 aromatic rings. The van der Waals surface area contributed by atoms with Crippen molar-refractivity contribution in [2.45, 2.75) is 45.6 Å². The largest absolute Gasteiger partial charge is 0.459 e. The van der Waals surface area contributed by atoms with Crippen LogP contribution in [0.15, 0.2) is 4.99 Å². The summed E-state index contributed by atoms with van der Waals surface area (Å²) in [5.74, 6) is -0.308. The molecule has 0 aromatic heterocycles. The topological polar surface area (TPSA) is 58.9 Å². The molecule has 1 aliphatic carbocycles. The molecule has 0 saturated heterocycles. The molecule has 0 radical (unpaired) electrons. The van der Waals surface area contributed by atoms with Crippen LogP contribution in [0.2, 0.25) is 0 Å². The molecule has 0 atom stereocenters. The van der Waals surface area contributed by atoms with Crippen LogP contribution in [0.5, 0.6) is 0 Å². The number of esters is 1. The Balaban J connectivity index is 2.19. The van der Waals surface area contributed by atoms with Crippen molar-refractivity contribution in [1.82, 2.24) is 0 Å². The van der Waals surface area contributed by atoms with Gasteiger partial charge in [-0.3, -0.25) is 9.79 Å². The van der Waals surface area contributed by atoms with E-state index in [0.717, 1.165) is 19.3 Å². The van der Waals surface area contributed by atoms with E-state index in [-0.39, 0.29) is 24.5 Å². The van der Waals surface area contributed by atoms with Crippen LogP contribution in [-0.2, 0) is 9.53 Å². The van der Waals surface area contributed by atoms with Gasteiger partial charge in [-0.25, -0.2) is 0 Å². The fourth-order valence-electron chi connectivity index (χ4n) is 1.37. The number of aliphatic hydroxyl groups is 1. The fraction of sp³-hybridized carbons (Fsp3) is 0.833. The van der Waals surface area contributed by atoms with Gasteiger partial charge in [0.15, 0.2) is 0 Å². The standard InChI is InChI=1S/C12H21NO3/c1-11(2,3)16-10(15)8-13-7-6-12(9-14)4-5-12/h7,14H,4-6,8-9H2,1-3H3. The second-order valence-corrected chi connectivity index (χ2v) is 5.47. The molecule has 16 heavy (non-hydrogen) atoms. The fourth-order valence-corrected chi connectivity index (χ4v) is 1.37. The average molecular weight is 227 g/mol. The first kappa shape index (κ1) is 13.2. The quantitative estimate of drug-likeness (QED) is 0.573. The summed E-state index contributed by atoms with van der Waals surface area (Å²) in [5, 5.41) is 9.06. The third kappa shape index (κ3) is 4.75. The summed E-state index contributed by atoms with van der Waals surface area (Å²) in [5.41, 5.74) is -0.382. The Morgan fingerprint density at radius 2 is 2.12 bits per heavy atom. The highest BCUT2D eigenvalue weighted by Gasteiger charge is 2.40. The first-order valence-corrected chi connectivity index (χ1v) is 5.68. The molecule has 0 spiro atoms. The summed E-state index contributed by atoms with van der Waals surface area (Å²) < 4.78 is 5.11. The molecule has 0 aromatic carbocycles. The van der Waals surface area contributed by atoms with Crippen molar-refractivity contribution in [1.29, 1.82) is 0 Å². The van der Waals surface area contributed by atoms with Crippen LogP contribution in [0, 0.1) is 5.41 Å². The number of nitrogens with zero attached hydrogens (tertiary/aromatic N) is 1. The van der Waals surface area contributed by atoms with Crippen LogP contribution in [-0.4, -0.2) is 36.0 Å². The van der Waals surface area contributed by atoms with Gasteiger partial charge in [0.2, 0.25) is 0 Å². The van der Waals surface area contributed by atoms with E-state index >= 15 is 0 Å². The van der Waals surface area contributed by atoms with Gasteiger partial charge < -0.3 is 9.84 Å². The Morgan fingerprint density at radius 1 is 1.50 bits per heavy atom. The highest BCUT2D eigenvalue weighted by molar-refractivity contribution is 5.74. The Bertz CT molecular complexity index is 274. The van der Waals surface area contributed by atoms with Crippen LogP contribution in [0.25, 0.3) is 0 Å². The minimum atomic E-state index is -0.449. The number of aliphatic hydroxyl groups excluding tert-OH is 1. The molecule has 1 fully saturated rings. The third-order valence-electron chi connectivity index (χ3n) is 2.59. The summed E-state index contributed by atoms with van der Waals surface area (Å²) in [4.78, 5) is 15.3. The van der Waals surface area contributed by atoms with Gasteiger partial charge >= 0.3 is 5.97 Å². The van der Waals surface area contributed by atoms with E-state index in [4.69, 9.17) is 9.84 Å². The molecular formula is C12H21NO3. The van der Waals surface area contributed by atoms with E-state index in [9.17, 15) is 4.79 Å². The van der Waals surface area contributed by atoms with Crippen molar-refractivity contribution < 1.29 is 14.6 Å². The number of ether oxygens (including phenoxy) is 1. The van der Waals surface area contributed by atoms with Crippen LogP contribution in [0.4, 0.5) is 0 Å². The lowest BCUT2D eigenvalue weighted by molar-refractivity contribution is -0.152. The zero-order valence-corrected chi connectivity index (χ0v) is 10.3. The third-order valence-corrected chi connectivity index (χ3v) is 2.59. The molecule has 4 nitrogen and oxygen atoms in total. The lowest BCUT2D eigenvalue weighted by Gasteiger charge is -2.18. The lowest BCUT2D eigenvalue weighted by atomic mass is 10.1. The van der Waals surface area contributed by atoms with Gasteiger partial charge in [-0.05, 0) is 45.4 Å². The molecule has 92 valence electrons. The molecule has 1 rings (SSSR count). The van der Waals surface area contributed by atoms with Crippen molar-refractivity contribution in [2.75, 3.05) is 13.2 Å². The van der Waals surface area contributed by atoms with Gasteiger partial charge in [-0.15, -0.1) is 0 Å². The number of carbonyl (C=O) groups is 1. The maximum atomic E-state index is 11.3. The second kappa shape index (κ2) is 4.95. The zero-order chi connectivity index (χ0) is 12.2. The summed E-state index contributed by atoms with van der Waals surface area (Å²) in [6.07, 6.45) is 4.60. The van der Waals surface area contributed by atoms with Crippen LogP contribution >= 0.6 is 0 Å². The molecule has 4 heteroatoms. The maximum absolute atomic E-state index is 11.3. The number of rotatable bonds is 5. The Hall–Kier alpha value is -0.900. The lowest BCUT2D eigenvalue weighted by Crippen LogP contribution is -2.25. The van der Waals surface area contributed by atoms with E-state index in [1.54, 1.807) is 6.21 Å². The first-order chi connectivity index (χ1) is 7.37. The van der Waals surface area contributed by atoms with Crippen LogP contribution < -0.4 is 0 Å². The predicted octanol–water partition coefficient (Wildman–Crippen LogP) is 1.56. The molecular weight excluding hydrogens is 206 g/mol. The van der Waals surface area contributed by atoms with Gasteiger partial charge in [-0.2, -0.15) is 0 Å². The normalized spacial score (nSPS) is 18.8. The Morgan fingerprint density at radius 3 is 2.56 bits per heavy atom. The Kier molecular flexibility index (Phi) is 4.08. The molecule has 0 bridgehead atoms. The van der Waals surface area contributed by atoms with Gasteiger partial charge in [-0.1, -0.05) is 0 Å². The Labute approximate surface area is 96.7 Å². The van der Waals surface area contributed by atoms with E-state index in [0.29, 0.717) is 0 Å². The second-order valence-electron chi connectivity index (χ2n) is 5.47. The molecule has 1 aliphatic rings. The van der Waals surface area contributed by atoms with Crippen molar-refractivity contribution in [3.05, 3.63) is 0 Å². The highest BCUT2D eigenvalue weighted by atomic mass is 16.6. The summed E-state index contributed by atoms with van der Waals surface area (Å²) in [6.45, 7) is 5.78. The van der Waals surface area contributed by atoms with Crippen molar-refractivity contribution in [3.8, 4) is 0 Å². The molecule has 0 amide bonds. The van der Waals surface area contributed by atoms with Crippen molar-refractivity contribution in [3.63, 3.8) is 0 Å². The minimum Gasteiger partial charge on any atom is -0.459 e. The molecule has 0 unspecified atom stereocenters. The first-order valence-electron chi connectivity index (χ1n) is 5.68. The molecule has 0 aliphatic heterocycles. The molecule has 1 N–H and O–H groups in total. The number of carbonyl (C=O) groups excluding carboxylic acids is 1. The van der Waals surface area contributed by atoms with Crippen LogP contribution in [0.1, 0.15) is 40.0 Å². The van der Waals surface area contributed by atoms with Gasteiger partial charge in [0, 0.05) is 12.8 Å². The van der Waals surface area contributed by atoms with Crippen molar-refractivity contribution in [2.24, 2.45) is 10.4 Å². The van der Waals surface area contributed by atoms with Gasteiger partial charge in [0.25, 0.3) is 0 Å². The van der Waals surface area contributed by atoms with Gasteiger partial charge in [0.1, 0.15) is 12.1 Å². The predicted molar refractivity (Wildman–Crippen MR) is 62.6 cm³/mol. The minimum absolute atomic E-state index is 0.0669. The monoisotopic (exact) mass is 227 g/mol. The molecule has 0 heterocycles. The van der Waals surface area contributed by atoms with E-state index in [1.165, 1.54) is 0 Å². The highest BCUT2D eigenvalue weighted by Crippen LogP contribution is 2.47. The van der Waals surface area contributed by atoms with E-state index in [1.807, 2.05) is 20.8 Å². The smallest absolute Gasteiger partial charge is 0.328 e. The average Bonchev–Trinajstić information content (AvgIpc) is 2.90. The zero-order valence-electron chi connectivity index (χ0n) is 10.3. The number of hydrogen-bond acceptors (Lipinski definition) is 4. The summed E-state index contributed by atoms with van der Waals surface area (Å²) >= 11 is 0. The van der Waals surface area contributed by atoms with Crippen LogP contribution in [0.3, 0.4) is 0 Å². The number of hydrogen-bond donors (Lipinski definition) is 1. The van der Waals surface area contributed by atoms with Gasteiger partial charge in [0.05, 0.1) is 0 Å². The SMILES string of the molecule is CC(C)(C)OC(=O)CN=CCC1(CO)CC1. The number of aliphatic imine (C=N–C) groups is 1. The summed E-state index contributed by atoms with van der Waals surface area (Å²) in [7, 11) is 0. The van der Waals surface area contributed by atoms with E-state index in [2.05, 4.69) is 4.99 Å². The van der Waals surface area contributed by atoms with E-state index < -0.39 is 5.60 Å². The van der Waals surface area contributed by atoms with Crippen molar-refractivity contribution >= 4 is 12.2 Å². The molecule has 1 saturated carbocycles. The summed E-state index contributed by atoms with van der Waals surface area (Å²) in [6, 6.07) is 0. The maximum Gasteiger partial charge on any atom is 0.328 e.